The molecule has 1 aromatic rings. The van der Waals surface area contributed by atoms with E-state index < -0.39 is 0 Å². The Morgan fingerprint density at radius 2 is 2.22 bits per heavy atom. The van der Waals surface area contributed by atoms with Crippen LogP contribution in [0.1, 0.15) is 36.6 Å². The van der Waals surface area contributed by atoms with E-state index in [1.807, 2.05) is 18.4 Å². The summed E-state index contributed by atoms with van der Waals surface area (Å²) in [6.07, 6.45) is 5.35. The maximum atomic E-state index is 4.40. The van der Waals surface area contributed by atoms with Crippen molar-refractivity contribution in [3.05, 3.63) is 22.4 Å². The number of likely N-dealkylation sites (tertiary alicyclic amines) is 1. The maximum absolute atomic E-state index is 4.40. The molecule has 0 bridgehead atoms. The lowest BCUT2D eigenvalue weighted by atomic mass is 10.2. The van der Waals surface area contributed by atoms with E-state index in [9.17, 15) is 0 Å². The Morgan fingerprint density at radius 3 is 2.87 bits per heavy atom. The first-order valence-corrected chi connectivity index (χ1v) is 10.6. The van der Waals surface area contributed by atoms with Gasteiger partial charge in [-0.25, -0.2) is 0 Å². The minimum absolute atomic E-state index is 0.469. The van der Waals surface area contributed by atoms with Gasteiger partial charge in [0.25, 0.3) is 0 Å². The molecule has 3 heterocycles. The molecular weight excluding hydrogens is 324 g/mol. The summed E-state index contributed by atoms with van der Waals surface area (Å²) in [5, 5.41) is 9.99. The molecule has 0 aliphatic carbocycles. The van der Waals surface area contributed by atoms with Gasteiger partial charge in [0, 0.05) is 30.3 Å². The Labute approximate surface area is 148 Å². The monoisotopic (exact) mass is 352 g/mol. The molecule has 0 aromatic carbocycles. The molecule has 6 heteroatoms. The number of thiophene rings is 1. The Bertz CT molecular complexity index is 477. The van der Waals surface area contributed by atoms with E-state index in [0.29, 0.717) is 6.04 Å². The third-order valence-electron chi connectivity index (χ3n) is 4.66. The summed E-state index contributed by atoms with van der Waals surface area (Å²) in [5.41, 5.74) is 0. The number of hydrogen-bond donors (Lipinski definition) is 2. The van der Waals surface area contributed by atoms with E-state index in [1.165, 1.54) is 49.4 Å². The number of nitrogens with one attached hydrogen (secondary N) is 2. The van der Waals surface area contributed by atoms with E-state index in [4.69, 9.17) is 0 Å². The van der Waals surface area contributed by atoms with Gasteiger partial charge in [-0.15, -0.1) is 11.3 Å². The predicted octanol–water partition coefficient (Wildman–Crippen LogP) is 2.95. The third-order valence-corrected chi connectivity index (χ3v) is 7.03. The van der Waals surface area contributed by atoms with Crippen LogP contribution in [-0.2, 0) is 0 Å². The van der Waals surface area contributed by atoms with Crippen LogP contribution in [0.15, 0.2) is 22.5 Å². The molecular formula is C17H28N4S2. The van der Waals surface area contributed by atoms with Crippen molar-refractivity contribution in [2.75, 3.05) is 39.0 Å². The average molecular weight is 353 g/mol. The average Bonchev–Trinajstić information content (AvgIpc) is 3.34. The summed E-state index contributed by atoms with van der Waals surface area (Å²) in [5.74, 6) is 2.26. The second-order valence-electron chi connectivity index (χ2n) is 6.24. The number of thioether (sulfide) groups is 1. The van der Waals surface area contributed by atoms with Crippen LogP contribution in [0.5, 0.6) is 0 Å². The fourth-order valence-electron chi connectivity index (χ4n) is 3.37. The van der Waals surface area contributed by atoms with Gasteiger partial charge in [-0.2, -0.15) is 11.8 Å². The predicted molar refractivity (Wildman–Crippen MR) is 103 cm³/mol. The minimum Gasteiger partial charge on any atom is -0.355 e. The molecule has 0 saturated carbocycles. The summed E-state index contributed by atoms with van der Waals surface area (Å²) in [7, 11) is 1.87. The second kappa shape index (κ2) is 8.94. The first-order chi connectivity index (χ1) is 11.4. The Hall–Kier alpha value is -0.720. The smallest absolute Gasteiger partial charge is 0.191 e. The minimum atomic E-state index is 0.469. The van der Waals surface area contributed by atoms with Crippen LogP contribution >= 0.6 is 23.1 Å². The molecule has 4 nitrogen and oxygen atoms in total. The fourth-order valence-corrected chi connectivity index (χ4v) is 5.44. The van der Waals surface area contributed by atoms with Gasteiger partial charge < -0.3 is 10.6 Å². The Balaban J connectivity index is 1.52. The lowest BCUT2D eigenvalue weighted by molar-refractivity contribution is 0.249. The molecule has 2 N–H and O–H groups in total. The van der Waals surface area contributed by atoms with E-state index in [0.717, 1.165) is 24.3 Å². The van der Waals surface area contributed by atoms with E-state index in [2.05, 4.69) is 49.8 Å². The van der Waals surface area contributed by atoms with Gasteiger partial charge >= 0.3 is 0 Å². The SMILES string of the molecule is CN=C(NCC1CCCS1)NCC(c1cccs1)N1CCCC1. The van der Waals surface area contributed by atoms with E-state index in [1.54, 1.807) is 0 Å². The van der Waals surface area contributed by atoms with Crippen molar-refractivity contribution >= 4 is 29.1 Å². The van der Waals surface area contributed by atoms with Crippen LogP contribution in [0.25, 0.3) is 0 Å². The molecule has 2 fully saturated rings. The molecule has 23 heavy (non-hydrogen) atoms. The maximum Gasteiger partial charge on any atom is 0.191 e. The molecule has 2 unspecified atom stereocenters. The lowest BCUT2D eigenvalue weighted by Gasteiger charge is -2.27. The molecule has 128 valence electrons. The summed E-state index contributed by atoms with van der Waals surface area (Å²) in [6, 6.07) is 4.89. The highest BCUT2D eigenvalue weighted by Gasteiger charge is 2.24. The zero-order valence-corrected chi connectivity index (χ0v) is 15.6. The molecule has 0 radical (unpaired) electrons. The summed E-state index contributed by atoms with van der Waals surface area (Å²) < 4.78 is 0. The zero-order valence-electron chi connectivity index (χ0n) is 14.0. The van der Waals surface area contributed by atoms with Crippen LogP contribution in [0.3, 0.4) is 0 Å². The summed E-state index contributed by atoms with van der Waals surface area (Å²) >= 11 is 3.95. The summed E-state index contributed by atoms with van der Waals surface area (Å²) in [6.45, 7) is 4.39. The highest BCUT2D eigenvalue weighted by molar-refractivity contribution is 8.00. The molecule has 2 atom stereocenters. The van der Waals surface area contributed by atoms with Gasteiger partial charge in [0.1, 0.15) is 0 Å². The first-order valence-electron chi connectivity index (χ1n) is 8.70. The van der Waals surface area contributed by atoms with Crippen LogP contribution in [-0.4, -0.2) is 55.1 Å². The van der Waals surface area contributed by atoms with Crippen molar-refractivity contribution < 1.29 is 0 Å². The van der Waals surface area contributed by atoms with Crippen molar-refractivity contribution in [1.82, 2.24) is 15.5 Å². The summed E-state index contributed by atoms with van der Waals surface area (Å²) in [4.78, 5) is 8.47. The van der Waals surface area contributed by atoms with E-state index in [-0.39, 0.29) is 0 Å². The van der Waals surface area contributed by atoms with Gasteiger partial charge in [-0.3, -0.25) is 9.89 Å². The largest absolute Gasteiger partial charge is 0.355 e. The van der Waals surface area contributed by atoms with Crippen molar-refractivity contribution in [3.8, 4) is 0 Å². The fraction of sp³-hybridized carbons (Fsp3) is 0.706. The van der Waals surface area contributed by atoms with E-state index >= 15 is 0 Å². The number of hydrogen-bond acceptors (Lipinski definition) is 4. The topological polar surface area (TPSA) is 39.7 Å². The molecule has 0 amide bonds. The Morgan fingerprint density at radius 1 is 1.35 bits per heavy atom. The number of guanidine groups is 1. The van der Waals surface area contributed by atoms with Crippen molar-refractivity contribution in [2.45, 2.75) is 37.0 Å². The molecule has 1 aromatic heterocycles. The third kappa shape index (κ3) is 4.88. The quantitative estimate of drug-likeness (QED) is 0.610. The van der Waals surface area contributed by atoms with Gasteiger partial charge in [0.05, 0.1) is 6.04 Å². The number of aliphatic imine (C=N–C) groups is 1. The zero-order chi connectivity index (χ0) is 15.9. The highest BCUT2D eigenvalue weighted by atomic mass is 32.2. The lowest BCUT2D eigenvalue weighted by Crippen LogP contribution is -2.44. The van der Waals surface area contributed by atoms with Crippen LogP contribution in [0.2, 0.25) is 0 Å². The standard InChI is InChI=1S/C17H28N4S2/c1-18-17(19-12-14-6-4-10-22-14)20-13-15(16-7-5-11-23-16)21-8-2-3-9-21/h5,7,11,14-15H,2-4,6,8-10,12-13H2,1H3,(H2,18,19,20). The van der Waals surface area contributed by atoms with Gasteiger partial charge in [0.15, 0.2) is 5.96 Å². The Kier molecular flexibility index (Phi) is 6.66. The van der Waals surface area contributed by atoms with Crippen LogP contribution in [0, 0.1) is 0 Å². The van der Waals surface area contributed by atoms with Gasteiger partial charge in [0.2, 0.25) is 0 Å². The van der Waals surface area contributed by atoms with Gasteiger partial charge in [-0.1, -0.05) is 6.07 Å². The molecule has 0 spiro atoms. The van der Waals surface area contributed by atoms with Crippen molar-refractivity contribution in [1.29, 1.82) is 0 Å². The normalized spacial score (nSPS) is 24.0. The van der Waals surface area contributed by atoms with Gasteiger partial charge in [-0.05, 0) is 56.0 Å². The highest BCUT2D eigenvalue weighted by Crippen LogP contribution is 2.28. The second-order valence-corrected chi connectivity index (χ2v) is 8.63. The van der Waals surface area contributed by atoms with Crippen LogP contribution in [0.4, 0.5) is 0 Å². The van der Waals surface area contributed by atoms with Crippen molar-refractivity contribution in [2.24, 2.45) is 4.99 Å². The molecule has 3 rings (SSSR count). The molecule has 2 aliphatic heterocycles. The number of rotatable bonds is 6. The number of nitrogens with zero attached hydrogens (tertiary/aromatic N) is 2. The van der Waals surface area contributed by atoms with Crippen LogP contribution < -0.4 is 10.6 Å². The molecule has 2 aliphatic rings. The van der Waals surface area contributed by atoms with Crippen molar-refractivity contribution in [3.63, 3.8) is 0 Å². The first kappa shape index (κ1) is 17.1. The molecule has 2 saturated heterocycles.